The van der Waals surface area contributed by atoms with Gasteiger partial charge in [-0.25, -0.2) is 0 Å². The quantitative estimate of drug-likeness (QED) is 0.524. The number of hydrogen-bond donors (Lipinski definition) is 1. The van der Waals surface area contributed by atoms with Crippen LogP contribution in [0.4, 0.5) is 0 Å². The van der Waals surface area contributed by atoms with Crippen molar-refractivity contribution in [2.45, 2.75) is 31.7 Å². The molecular weight excluding hydrogens is 168 g/mol. The van der Waals surface area contributed by atoms with E-state index in [2.05, 4.69) is 6.58 Å². The summed E-state index contributed by atoms with van der Waals surface area (Å²) >= 11 is 0. The molecule has 3 nitrogen and oxygen atoms in total. The first-order chi connectivity index (χ1) is 6.24. The Bertz CT molecular complexity index is 220. The Labute approximate surface area is 77.7 Å². The lowest BCUT2D eigenvalue weighted by molar-refractivity contribution is -0.148. The number of allylic oxidation sites excluding steroid dienone is 1. The Balaban J connectivity index is 2.36. The smallest absolute Gasteiger partial charge is 0.184 e. The van der Waals surface area contributed by atoms with Gasteiger partial charge in [0.15, 0.2) is 12.1 Å². The molecule has 1 N–H and O–H groups in total. The van der Waals surface area contributed by atoms with Gasteiger partial charge in [0.1, 0.15) is 6.10 Å². The van der Waals surface area contributed by atoms with Crippen molar-refractivity contribution in [2.75, 3.05) is 0 Å². The minimum absolute atomic E-state index is 0.0608. The van der Waals surface area contributed by atoms with Crippen LogP contribution in [0.1, 0.15) is 19.3 Å². The van der Waals surface area contributed by atoms with Gasteiger partial charge in [0.25, 0.3) is 0 Å². The second-order valence-electron chi connectivity index (χ2n) is 3.00. The van der Waals surface area contributed by atoms with Gasteiger partial charge in [-0.05, 0) is 31.4 Å². The Morgan fingerprint density at radius 2 is 2.46 bits per heavy atom. The Morgan fingerprint density at radius 3 is 3.15 bits per heavy atom. The van der Waals surface area contributed by atoms with Crippen LogP contribution in [0.2, 0.25) is 0 Å². The predicted molar refractivity (Wildman–Crippen MR) is 49.1 cm³/mol. The standard InChI is InChI=1S/C10H14O3/c1-2-3-4-5-9-8(11)6-7-10(12)13-9/h2,6-7,9-10,12H,1,3-5H2. The Morgan fingerprint density at radius 1 is 1.69 bits per heavy atom. The topological polar surface area (TPSA) is 46.5 Å². The molecule has 0 aromatic rings. The van der Waals surface area contributed by atoms with Crippen LogP contribution in [0.5, 0.6) is 0 Å². The largest absolute Gasteiger partial charge is 0.365 e. The minimum Gasteiger partial charge on any atom is -0.365 e. The molecule has 0 spiro atoms. The van der Waals surface area contributed by atoms with Gasteiger partial charge >= 0.3 is 0 Å². The third-order valence-corrected chi connectivity index (χ3v) is 1.92. The van der Waals surface area contributed by atoms with E-state index in [1.54, 1.807) is 6.08 Å². The summed E-state index contributed by atoms with van der Waals surface area (Å²) in [5.74, 6) is -0.0608. The summed E-state index contributed by atoms with van der Waals surface area (Å²) in [6, 6.07) is 0. The maximum atomic E-state index is 11.2. The van der Waals surface area contributed by atoms with E-state index in [-0.39, 0.29) is 5.78 Å². The van der Waals surface area contributed by atoms with Gasteiger partial charge in [0.05, 0.1) is 0 Å². The lowest BCUT2D eigenvalue weighted by atomic mass is 10.1. The second-order valence-corrected chi connectivity index (χ2v) is 3.00. The Hall–Kier alpha value is -0.930. The summed E-state index contributed by atoms with van der Waals surface area (Å²) < 4.78 is 5.03. The molecule has 3 heteroatoms. The Kier molecular flexibility index (Phi) is 3.86. The molecule has 1 aliphatic heterocycles. The van der Waals surface area contributed by atoms with Crippen molar-refractivity contribution in [3.05, 3.63) is 24.8 Å². The molecule has 1 heterocycles. The van der Waals surface area contributed by atoms with E-state index in [4.69, 9.17) is 9.84 Å². The van der Waals surface area contributed by atoms with Gasteiger partial charge in [0, 0.05) is 0 Å². The number of aliphatic hydroxyl groups is 1. The highest BCUT2D eigenvalue weighted by molar-refractivity contribution is 5.94. The normalized spacial score (nSPS) is 27.6. The van der Waals surface area contributed by atoms with Crippen LogP contribution in [-0.2, 0) is 9.53 Å². The van der Waals surface area contributed by atoms with Gasteiger partial charge in [-0.3, -0.25) is 4.79 Å². The van der Waals surface area contributed by atoms with E-state index in [1.165, 1.54) is 12.2 Å². The predicted octanol–water partition coefficient (Wildman–Crippen LogP) is 1.19. The summed E-state index contributed by atoms with van der Waals surface area (Å²) in [5.41, 5.74) is 0. The average molecular weight is 182 g/mol. The van der Waals surface area contributed by atoms with E-state index >= 15 is 0 Å². The molecule has 0 fully saturated rings. The second kappa shape index (κ2) is 4.94. The lowest BCUT2D eigenvalue weighted by Gasteiger charge is -2.20. The number of ether oxygens (including phenoxy) is 1. The van der Waals surface area contributed by atoms with Gasteiger partial charge < -0.3 is 9.84 Å². The highest BCUT2D eigenvalue weighted by Gasteiger charge is 2.22. The van der Waals surface area contributed by atoms with Crippen LogP contribution in [0, 0.1) is 0 Å². The van der Waals surface area contributed by atoms with Gasteiger partial charge in [0.2, 0.25) is 0 Å². The lowest BCUT2D eigenvalue weighted by Crippen LogP contribution is -2.31. The van der Waals surface area contributed by atoms with E-state index in [1.807, 2.05) is 0 Å². The molecule has 13 heavy (non-hydrogen) atoms. The first kappa shape index (κ1) is 10.2. The highest BCUT2D eigenvalue weighted by Crippen LogP contribution is 2.13. The van der Waals surface area contributed by atoms with Crippen LogP contribution in [0.3, 0.4) is 0 Å². The molecule has 1 rings (SSSR count). The number of carbonyl (C=O) groups excluding carboxylic acids is 1. The van der Waals surface area contributed by atoms with Crippen molar-refractivity contribution < 1.29 is 14.6 Å². The zero-order valence-corrected chi connectivity index (χ0v) is 7.48. The van der Waals surface area contributed by atoms with Crippen molar-refractivity contribution in [1.29, 1.82) is 0 Å². The summed E-state index contributed by atoms with van der Waals surface area (Å²) in [4.78, 5) is 11.2. The monoisotopic (exact) mass is 182 g/mol. The van der Waals surface area contributed by atoms with E-state index in [0.717, 1.165) is 12.8 Å². The molecule has 72 valence electrons. The van der Waals surface area contributed by atoms with Crippen LogP contribution < -0.4 is 0 Å². The summed E-state index contributed by atoms with van der Waals surface area (Å²) in [6.45, 7) is 3.59. The zero-order chi connectivity index (χ0) is 9.68. The van der Waals surface area contributed by atoms with E-state index < -0.39 is 12.4 Å². The number of hydrogen-bond acceptors (Lipinski definition) is 3. The fourth-order valence-electron chi connectivity index (χ4n) is 1.22. The van der Waals surface area contributed by atoms with Crippen molar-refractivity contribution >= 4 is 5.78 Å². The third kappa shape index (κ3) is 3.13. The number of unbranched alkanes of at least 4 members (excludes halogenated alkanes) is 1. The number of aliphatic hydroxyl groups excluding tert-OH is 1. The van der Waals surface area contributed by atoms with Crippen LogP contribution in [0.25, 0.3) is 0 Å². The average Bonchev–Trinajstić information content (AvgIpc) is 2.11. The number of rotatable bonds is 4. The summed E-state index contributed by atoms with van der Waals surface area (Å²) in [5, 5.41) is 9.07. The maximum absolute atomic E-state index is 11.2. The number of ketones is 1. The molecule has 0 saturated carbocycles. The zero-order valence-electron chi connectivity index (χ0n) is 7.48. The van der Waals surface area contributed by atoms with Gasteiger partial charge in [-0.2, -0.15) is 0 Å². The molecule has 1 aliphatic rings. The molecular formula is C10H14O3. The maximum Gasteiger partial charge on any atom is 0.184 e. The molecule has 2 unspecified atom stereocenters. The van der Waals surface area contributed by atoms with Crippen molar-refractivity contribution in [2.24, 2.45) is 0 Å². The summed E-state index contributed by atoms with van der Waals surface area (Å²) in [7, 11) is 0. The van der Waals surface area contributed by atoms with Gasteiger partial charge in [-0.15, -0.1) is 6.58 Å². The van der Waals surface area contributed by atoms with Crippen LogP contribution in [0.15, 0.2) is 24.8 Å². The van der Waals surface area contributed by atoms with Crippen molar-refractivity contribution in [3.63, 3.8) is 0 Å². The molecule has 0 radical (unpaired) electrons. The first-order valence-corrected chi connectivity index (χ1v) is 4.40. The van der Waals surface area contributed by atoms with Crippen LogP contribution >= 0.6 is 0 Å². The fraction of sp³-hybridized carbons (Fsp3) is 0.500. The van der Waals surface area contributed by atoms with Crippen LogP contribution in [-0.4, -0.2) is 23.3 Å². The van der Waals surface area contributed by atoms with E-state index in [9.17, 15) is 4.79 Å². The number of carbonyl (C=O) groups is 1. The fourth-order valence-corrected chi connectivity index (χ4v) is 1.22. The SMILES string of the molecule is C=CCCCC1OC(O)C=CC1=O. The summed E-state index contributed by atoms with van der Waals surface area (Å²) in [6.07, 6.45) is 5.52. The van der Waals surface area contributed by atoms with Crippen molar-refractivity contribution in [1.82, 2.24) is 0 Å². The molecule has 0 aromatic carbocycles. The molecule has 0 aromatic heterocycles. The third-order valence-electron chi connectivity index (χ3n) is 1.92. The minimum atomic E-state index is -0.925. The first-order valence-electron chi connectivity index (χ1n) is 4.40. The van der Waals surface area contributed by atoms with Gasteiger partial charge in [-0.1, -0.05) is 6.08 Å². The molecule has 0 aliphatic carbocycles. The molecule has 2 atom stereocenters. The molecule has 0 amide bonds. The highest BCUT2D eigenvalue weighted by atomic mass is 16.6. The van der Waals surface area contributed by atoms with E-state index in [0.29, 0.717) is 6.42 Å². The molecule has 0 saturated heterocycles. The van der Waals surface area contributed by atoms with Crippen molar-refractivity contribution in [3.8, 4) is 0 Å². The molecule has 0 bridgehead atoms.